The Kier molecular flexibility index (Phi) is 3.93. The van der Waals surface area contributed by atoms with Gasteiger partial charge in [0.25, 0.3) is 11.8 Å². The fraction of sp³-hybridized carbons (Fsp3) is 0.467. The van der Waals surface area contributed by atoms with Crippen LogP contribution in [-0.4, -0.2) is 35.2 Å². The highest BCUT2D eigenvalue weighted by molar-refractivity contribution is 7.12. The fourth-order valence-corrected chi connectivity index (χ4v) is 3.88. The summed E-state index contributed by atoms with van der Waals surface area (Å²) >= 11 is 1.24. The van der Waals surface area contributed by atoms with Crippen LogP contribution in [0.15, 0.2) is 11.4 Å². The van der Waals surface area contributed by atoms with Crippen molar-refractivity contribution < 1.29 is 19.2 Å². The first-order chi connectivity index (χ1) is 10.9. The molecule has 2 fully saturated rings. The number of rotatable bonds is 3. The Morgan fingerprint density at radius 2 is 2.00 bits per heavy atom. The summed E-state index contributed by atoms with van der Waals surface area (Å²) in [5, 5.41) is 9.57. The van der Waals surface area contributed by atoms with Crippen molar-refractivity contribution in [3.8, 4) is 0 Å². The maximum Gasteiger partial charge on any atom is 0.322 e. The van der Waals surface area contributed by atoms with Crippen LogP contribution in [0.3, 0.4) is 0 Å². The van der Waals surface area contributed by atoms with Gasteiger partial charge in [-0.2, -0.15) is 0 Å². The van der Waals surface area contributed by atoms with Gasteiger partial charge in [0.15, 0.2) is 5.78 Å². The van der Waals surface area contributed by atoms with Crippen LogP contribution < -0.4 is 16.0 Å². The van der Waals surface area contributed by atoms with Gasteiger partial charge in [-0.25, -0.2) is 4.79 Å². The molecule has 0 radical (unpaired) electrons. The standard InChI is InChI=1S/C15H17N3O4S/c1-8(19)9-6-11(23-7-9)12(20)16-10-2-4-15(5-3-10)13(21)17-14(22)18-15/h6-7,10H,2-5H2,1H3,(H,16,20)(H2,17,18,21,22). The lowest BCUT2D eigenvalue weighted by atomic mass is 9.79. The van der Waals surface area contributed by atoms with Crippen LogP contribution in [-0.2, 0) is 4.79 Å². The first kappa shape index (κ1) is 15.7. The third-order valence-corrected chi connectivity index (χ3v) is 5.35. The van der Waals surface area contributed by atoms with Gasteiger partial charge in [-0.1, -0.05) is 0 Å². The molecule has 7 nitrogen and oxygen atoms in total. The van der Waals surface area contributed by atoms with Crippen molar-refractivity contribution in [3.63, 3.8) is 0 Å². The summed E-state index contributed by atoms with van der Waals surface area (Å²) in [4.78, 5) is 47.2. The molecule has 1 spiro atoms. The maximum absolute atomic E-state index is 12.2. The number of carbonyl (C=O) groups excluding carboxylic acids is 4. The molecule has 1 saturated heterocycles. The van der Waals surface area contributed by atoms with E-state index in [4.69, 9.17) is 0 Å². The smallest absolute Gasteiger partial charge is 0.322 e. The van der Waals surface area contributed by atoms with Crippen molar-refractivity contribution in [2.24, 2.45) is 0 Å². The second-order valence-corrected chi connectivity index (χ2v) is 6.91. The summed E-state index contributed by atoms with van der Waals surface area (Å²) in [6.45, 7) is 1.46. The van der Waals surface area contributed by atoms with E-state index in [0.29, 0.717) is 36.1 Å². The van der Waals surface area contributed by atoms with Crippen LogP contribution in [0.2, 0.25) is 0 Å². The first-order valence-electron chi connectivity index (χ1n) is 7.43. The van der Waals surface area contributed by atoms with Gasteiger partial charge in [0.05, 0.1) is 4.88 Å². The van der Waals surface area contributed by atoms with Crippen LogP contribution >= 0.6 is 11.3 Å². The highest BCUT2D eigenvalue weighted by atomic mass is 32.1. The van der Waals surface area contributed by atoms with Gasteiger partial charge >= 0.3 is 6.03 Å². The van der Waals surface area contributed by atoms with Crippen LogP contribution in [0.5, 0.6) is 0 Å². The lowest BCUT2D eigenvalue weighted by Crippen LogP contribution is -2.52. The molecule has 8 heteroatoms. The van der Waals surface area contributed by atoms with Gasteiger partial charge in [-0.05, 0) is 38.7 Å². The van der Waals surface area contributed by atoms with Crippen molar-refractivity contribution in [2.45, 2.75) is 44.2 Å². The van der Waals surface area contributed by atoms with E-state index in [1.165, 1.54) is 18.3 Å². The van der Waals surface area contributed by atoms with Crippen LogP contribution in [0.4, 0.5) is 4.79 Å². The number of carbonyl (C=O) groups is 4. The SMILES string of the molecule is CC(=O)c1csc(C(=O)NC2CCC3(CC2)NC(=O)NC3=O)c1. The van der Waals surface area contributed by atoms with Gasteiger partial charge in [-0.15, -0.1) is 11.3 Å². The van der Waals surface area contributed by atoms with Gasteiger partial charge in [0, 0.05) is 17.0 Å². The molecule has 2 aliphatic rings. The summed E-state index contributed by atoms with van der Waals surface area (Å²) in [5.41, 5.74) is -0.281. The third kappa shape index (κ3) is 2.98. The zero-order valence-corrected chi connectivity index (χ0v) is 13.4. The number of amides is 4. The van der Waals surface area contributed by atoms with E-state index < -0.39 is 11.6 Å². The van der Waals surface area contributed by atoms with Gasteiger partial charge in [-0.3, -0.25) is 19.7 Å². The van der Waals surface area contributed by atoms with Crippen molar-refractivity contribution in [1.29, 1.82) is 0 Å². The Morgan fingerprint density at radius 1 is 1.30 bits per heavy atom. The molecular weight excluding hydrogens is 318 g/mol. The van der Waals surface area contributed by atoms with E-state index >= 15 is 0 Å². The Morgan fingerprint density at radius 3 is 2.52 bits per heavy atom. The first-order valence-corrected chi connectivity index (χ1v) is 8.31. The average Bonchev–Trinajstić information content (AvgIpc) is 3.08. The molecule has 122 valence electrons. The molecular formula is C15H17N3O4S. The molecule has 1 aliphatic heterocycles. The maximum atomic E-state index is 12.2. The molecule has 1 saturated carbocycles. The molecule has 0 aromatic carbocycles. The highest BCUT2D eigenvalue weighted by Crippen LogP contribution is 2.31. The van der Waals surface area contributed by atoms with Crippen LogP contribution in [0.25, 0.3) is 0 Å². The number of imide groups is 1. The summed E-state index contributed by atoms with van der Waals surface area (Å²) in [6, 6.07) is 1.10. The zero-order chi connectivity index (χ0) is 16.6. The summed E-state index contributed by atoms with van der Waals surface area (Å²) in [5.74, 6) is -0.553. The Labute approximate surface area is 136 Å². The Balaban J connectivity index is 1.58. The molecule has 1 aliphatic carbocycles. The Bertz CT molecular complexity index is 689. The van der Waals surface area contributed by atoms with E-state index in [-0.39, 0.29) is 23.6 Å². The largest absolute Gasteiger partial charge is 0.349 e. The quantitative estimate of drug-likeness (QED) is 0.570. The van der Waals surface area contributed by atoms with E-state index in [1.807, 2.05) is 0 Å². The molecule has 1 aromatic rings. The van der Waals surface area contributed by atoms with Gasteiger partial charge < -0.3 is 10.6 Å². The second kappa shape index (κ2) is 5.77. The van der Waals surface area contributed by atoms with Gasteiger partial charge in [0.2, 0.25) is 0 Å². The normalized spacial score (nSPS) is 26.7. The number of hydrogen-bond acceptors (Lipinski definition) is 5. The molecule has 0 bridgehead atoms. The van der Waals surface area contributed by atoms with E-state index in [9.17, 15) is 19.2 Å². The number of Topliss-reactive ketones (excluding diaryl/α,β-unsaturated/α-hetero) is 1. The van der Waals surface area contributed by atoms with Crippen molar-refractivity contribution >= 4 is 35.0 Å². The predicted octanol–water partition coefficient (Wildman–Crippen LogP) is 1.20. The number of nitrogens with one attached hydrogen (secondary N) is 3. The second-order valence-electron chi connectivity index (χ2n) is 5.99. The number of thiophene rings is 1. The third-order valence-electron chi connectivity index (χ3n) is 4.42. The molecule has 2 heterocycles. The molecule has 3 rings (SSSR count). The topological polar surface area (TPSA) is 104 Å². The minimum atomic E-state index is -0.816. The monoisotopic (exact) mass is 335 g/mol. The fourth-order valence-electron chi connectivity index (χ4n) is 3.03. The van der Waals surface area contributed by atoms with Crippen molar-refractivity contribution in [3.05, 3.63) is 21.9 Å². The molecule has 0 atom stereocenters. The van der Waals surface area contributed by atoms with Crippen molar-refractivity contribution in [2.75, 3.05) is 0 Å². The predicted molar refractivity (Wildman–Crippen MR) is 83.5 cm³/mol. The van der Waals surface area contributed by atoms with Crippen molar-refractivity contribution in [1.82, 2.24) is 16.0 Å². The lowest BCUT2D eigenvalue weighted by Gasteiger charge is -2.34. The summed E-state index contributed by atoms with van der Waals surface area (Å²) in [7, 11) is 0. The number of ketones is 1. The molecule has 3 N–H and O–H groups in total. The van der Waals surface area contributed by atoms with E-state index in [1.54, 1.807) is 11.4 Å². The van der Waals surface area contributed by atoms with E-state index in [0.717, 1.165) is 0 Å². The summed E-state index contributed by atoms with van der Waals surface area (Å²) < 4.78 is 0. The zero-order valence-electron chi connectivity index (χ0n) is 12.6. The minimum Gasteiger partial charge on any atom is -0.349 e. The molecule has 0 unspecified atom stereocenters. The van der Waals surface area contributed by atoms with Gasteiger partial charge in [0.1, 0.15) is 5.54 Å². The molecule has 1 aromatic heterocycles. The number of urea groups is 1. The van der Waals surface area contributed by atoms with Crippen LogP contribution in [0, 0.1) is 0 Å². The lowest BCUT2D eigenvalue weighted by molar-refractivity contribution is -0.125. The van der Waals surface area contributed by atoms with E-state index in [2.05, 4.69) is 16.0 Å². The number of hydrogen-bond donors (Lipinski definition) is 3. The molecule has 23 heavy (non-hydrogen) atoms. The molecule has 4 amide bonds. The van der Waals surface area contributed by atoms with Crippen LogP contribution in [0.1, 0.15) is 52.6 Å². The average molecular weight is 335 g/mol. The minimum absolute atomic E-state index is 0.0405. The summed E-state index contributed by atoms with van der Waals surface area (Å²) in [6.07, 6.45) is 2.23. The highest BCUT2D eigenvalue weighted by Gasteiger charge is 2.48. The Hall–Kier alpha value is -2.22.